The van der Waals surface area contributed by atoms with Gasteiger partial charge < -0.3 is 23.8 Å². The molecule has 208 valence electrons. The molecular formula is C30H35ClN2O6. The molecular weight excluding hydrogens is 520 g/mol. The van der Waals surface area contributed by atoms with Crippen LogP contribution < -0.4 is 18.9 Å². The second-order valence-electron chi connectivity index (χ2n) is 9.17. The van der Waals surface area contributed by atoms with E-state index in [4.69, 9.17) is 35.4 Å². The van der Waals surface area contributed by atoms with Gasteiger partial charge in [-0.15, -0.1) is 0 Å². The van der Waals surface area contributed by atoms with Crippen LogP contribution in [0.4, 0.5) is 0 Å². The molecule has 0 saturated carbocycles. The maximum Gasteiger partial charge on any atom is 0.279 e. The lowest BCUT2D eigenvalue weighted by Crippen LogP contribution is -2.37. The first-order valence-corrected chi connectivity index (χ1v) is 13.3. The van der Waals surface area contributed by atoms with E-state index >= 15 is 0 Å². The Kier molecular flexibility index (Phi) is 10.3. The third-order valence-corrected chi connectivity index (χ3v) is 7.03. The number of methoxy groups -OCH3 is 2. The molecule has 39 heavy (non-hydrogen) atoms. The van der Waals surface area contributed by atoms with Crippen LogP contribution in [0.15, 0.2) is 60.7 Å². The summed E-state index contributed by atoms with van der Waals surface area (Å²) < 4.78 is 22.7. The molecule has 3 aromatic rings. The summed E-state index contributed by atoms with van der Waals surface area (Å²) in [5.41, 5.74) is 2.14. The molecule has 1 amide bonds. The number of rotatable bonds is 13. The largest absolute Gasteiger partial charge is 0.497 e. The van der Waals surface area contributed by atoms with Crippen molar-refractivity contribution in [2.24, 2.45) is 0 Å². The van der Waals surface area contributed by atoms with Gasteiger partial charge in [0.1, 0.15) is 24.7 Å². The number of hydroxylamine groups is 2. The first kappa shape index (κ1) is 28.5. The Morgan fingerprint density at radius 1 is 0.821 bits per heavy atom. The molecule has 0 spiro atoms. The summed E-state index contributed by atoms with van der Waals surface area (Å²) >= 11 is 6.82. The monoisotopic (exact) mass is 554 g/mol. The van der Waals surface area contributed by atoms with Gasteiger partial charge in [-0.2, -0.15) is 0 Å². The topological polar surface area (TPSA) is 69.7 Å². The summed E-state index contributed by atoms with van der Waals surface area (Å²) in [5, 5.41) is 1.51. The van der Waals surface area contributed by atoms with Gasteiger partial charge in [-0.1, -0.05) is 35.9 Å². The van der Waals surface area contributed by atoms with E-state index in [0.717, 1.165) is 42.3 Å². The molecule has 3 aromatic carbocycles. The molecule has 1 heterocycles. The van der Waals surface area contributed by atoms with Gasteiger partial charge in [0.2, 0.25) is 0 Å². The standard InChI is InChI=1S/C30H35ClN2O6/c1-35-24-10-6-22(7-11-24)20-38-27-15-14-26(30(34)33(37-3)19-18-32-16-4-5-17-32)28(31)29(27)39-21-23-8-12-25(36-2)13-9-23/h6-15H,4-5,16-21H2,1-3H3. The summed E-state index contributed by atoms with van der Waals surface area (Å²) in [6.07, 6.45) is 2.36. The normalized spacial score (nSPS) is 13.2. The molecule has 0 N–H and O–H groups in total. The lowest BCUT2D eigenvalue weighted by atomic mass is 10.1. The summed E-state index contributed by atoms with van der Waals surface area (Å²) in [6.45, 7) is 3.76. The van der Waals surface area contributed by atoms with Crippen molar-refractivity contribution in [2.45, 2.75) is 26.1 Å². The quantitative estimate of drug-likeness (QED) is 0.254. The van der Waals surface area contributed by atoms with Gasteiger partial charge >= 0.3 is 0 Å². The number of nitrogens with zero attached hydrogens (tertiary/aromatic N) is 2. The number of halogens is 1. The van der Waals surface area contributed by atoms with Crippen molar-refractivity contribution in [3.8, 4) is 23.0 Å². The minimum atomic E-state index is -0.335. The van der Waals surface area contributed by atoms with E-state index in [9.17, 15) is 4.79 Å². The van der Waals surface area contributed by atoms with Gasteiger partial charge in [-0.25, -0.2) is 5.06 Å². The van der Waals surface area contributed by atoms with Crippen LogP contribution in [-0.2, 0) is 18.1 Å². The average molecular weight is 555 g/mol. The van der Waals surface area contributed by atoms with E-state index in [1.165, 1.54) is 25.0 Å². The Balaban J connectivity index is 1.54. The van der Waals surface area contributed by atoms with Crippen molar-refractivity contribution in [3.63, 3.8) is 0 Å². The Bertz CT molecular complexity index is 1210. The fourth-order valence-electron chi connectivity index (χ4n) is 4.36. The van der Waals surface area contributed by atoms with Crippen LogP contribution in [-0.4, -0.2) is 63.4 Å². The SMILES string of the molecule is COc1ccc(COc2ccc(C(=O)N(CCN3CCCC3)OC)c(Cl)c2OCc2ccc(OC)cc2)cc1. The average Bonchev–Trinajstić information content (AvgIpc) is 3.50. The van der Waals surface area contributed by atoms with Gasteiger partial charge in [0, 0.05) is 6.54 Å². The van der Waals surface area contributed by atoms with Crippen molar-refractivity contribution in [3.05, 3.63) is 82.4 Å². The lowest BCUT2D eigenvalue weighted by molar-refractivity contribution is -0.0974. The molecule has 0 radical (unpaired) electrons. The predicted octanol–water partition coefficient (Wildman–Crippen LogP) is 5.61. The van der Waals surface area contributed by atoms with E-state index in [2.05, 4.69) is 4.90 Å². The minimum Gasteiger partial charge on any atom is -0.497 e. The van der Waals surface area contributed by atoms with Crippen LogP contribution in [0.25, 0.3) is 0 Å². The molecule has 0 aliphatic carbocycles. The van der Waals surface area contributed by atoms with E-state index in [1.54, 1.807) is 26.4 Å². The van der Waals surface area contributed by atoms with Crippen molar-refractivity contribution >= 4 is 17.5 Å². The van der Waals surface area contributed by atoms with Crippen LogP contribution in [0, 0.1) is 0 Å². The van der Waals surface area contributed by atoms with E-state index < -0.39 is 0 Å². The van der Waals surface area contributed by atoms with Crippen LogP contribution in [0.5, 0.6) is 23.0 Å². The molecule has 8 nitrogen and oxygen atoms in total. The number of ether oxygens (including phenoxy) is 4. The molecule has 1 fully saturated rings. The maximum absolute atomic E-state index is 13.4. The van der Waals surface area contributed by atoms with Gasteiger partial charge in [-0.3, -0.25) is 9.63 Å². The second kappa shape index (κ2) is 14.1. The van der Waals surface area contributed by atoms with Crippen molar-refractivity contribution in [1.82, 2.24) is 9.96 Å². The van der Waals surface area contributed by atoms with Crippen molar-refractivity contribution in [1.29, 1.82) is 0 Å². The molecule has 0 atom stereocenters. The minimum absolute atomic E-state index is 0.170. The zero-order chi connectivity index (χ0) is 27.6. The van der Waals surface area contributed by atoms with E-state index in [0.29, 0.717) is 18.0 Å². The van der Waals surface area contributed by atoms with Gasteiger partial charge in [0.05, 0.1) is 38.5 Å². The zero-order valence-corrected chi connectivity index (χ0v) is 23.4. The summed E-state index contributed by atoms with van der Waals surface area (Å²) in [5.74, 6) is 1.91. The fourth-order valence-corrected chi connectivity index (χ4v) is 4.65. The molecule has 0 aromatic heterocycles. The second-order valence-corrected chi connectivity index (χ2v) is 9.54. The highest BCUT2D eigenvalue weighted by Crippen LogP contribution is 2.39. The number of hydrogen-bond donors (Lipinski definition) is 0. The van der Waals surface area contributed by atoms with E-state index in [-0.39, 0.29) is 29.7 Å². The highest BCUT2D eigenvalue weighted by atomic mass is 35.5. The summed E-state index contributed by atoms with van der Waals surface area (Å²) in [6, 6.07) is 18.5. The Labute approximate surface area is 234 Å². The molecule has 4 rings (SSSR count). The molecule has 0 bridgehead atoms. The molecule has 1 aliphatic rings. The van der Waals surface area contributed by atoms with Gasteiger partial charge in [0.15, 0.2) is 11.5 Å². The Morgan fingerprint density at radius 2 is 1.38 bits per heavy atom. The number of hydrogen-bond acceptors (Lipinski definition) is 7. The number of amides is 1. The van der Waals surface area contributed by atoms with Crippen LogP contribution in [0.3, 0.4) is 0 Å². The van der Waals surface area contributed by atoms with Crippen LogP contribution >= 0.6 is 11.6 Å². The van der Waals surface area contributed by atoms with Gasteiger partial charge in [0.25, 0.3) is 5.91 Å². The van der Waals surface area contributed by atoms with Crippen molar-refractivity contribution in [2.75, 3.05) is 47.5 Å². The number of likely N-dealkylation sites (tertiary alicyclic amines) is 1. The highest BCUT2D eigenvalue weighted by Gasteiger charge is 2.25. The lowest BCUT2D eigenvalue weighted by Gasteiger charge is -2.24. The van der Waals surface area contributed by atoms with E-state index in [1.807, 2.05) is 48.5 Å². The van der Waals surface area contributed by atoms with Crippen LogP contribution in [0.1, 0.15) is 34.3 Å². The van der Waals surface area contributed by atoms with Crippen LogP contribution in [0.2, 0.25) is 5.02 Å². The third-order valence-electron chi connectivity index (χ3n) is 6.65. The summed E-state index contributed by atoms with van der Waals surface area (Å²) in [7, 11) is 4.73. The molecule has 1 aliphatic heterocycles. The number of benzene rings is 3. The Hall–Kier alpha value is -3.46. The fraction of sp³-hybridized carbons (Fsp3) is 0.367. The molecule has 9 heteroatoms. The first-order chi connectivity index (χ1) is 19.0. The predicted molar refractivity (Wildman–Crippen MR) is 150 cm³/mol. The summed E-state index contributed by atoms with van der Waals surface area (Å²) in [4.78, 5) is 21.2. The number of carbonyl (C=O) groups is 1. The smallest absolute Gasteiger partial charge is 0.279 e. The molecule has 1 saturated heterocycles. The zero-order valence-electron chi connectivity index (χ0n) is 22.7. The third kappa shape index (κ3) is 7.56. The van der Waals surface area contributed by atoms with Gasteiger partial charge in [-0.05, 0) is 73.5 Å². The highest BCUT2D eigenvalue weighted by molar-refractivity contribution is 6.35. The Morgan fingerprint density at radius 3 is 1.92 bits per heavy atom. The number of carbonyl (C=O) groups excluding carboxylic acids is 1. The first-order valence-electron chi connectivity index (χ1n) is 12.9. The molecule has 0 unspecified atom stereocenters. The maximum atomic E-state index is 13.4. The van der Waals surface area contributed by atoms with Crippen molar-refractivity contribution < 1.29 is 28.6 Å².